The molecule has 0 saturated heterocycles. The van der Waals surface area contributed by atoms with Crippen LogP contribution in [0.3, 0.4) is 0 Å². The van der Waals surface area contributed by atoms with Crippen LogP contribution in [0.1, 0.15) is 12.5 Å². The second-order valence-electron chi connectivity index (χ2n) is 5.67. The van der Waals surface area contributed by atoms with E-state index in [-0.39, 0.29) is 11.5 Å². The molecule has 1 aromatic heterocycles. The lowest BCUT2D eigenvalue weighted by molar-refractivity contribution is -0.114. The zero-order chi connectivity index (χ0) is 18.5. The van der Waals surface area contributed by atoms with Crippen LogP contribution < -0.4 is 10.6 Å². The number of hydrogen-bond donors (Lipinski definition) is 3. The largest absolute Gasteiger partial charge is 0.361 e. The standard InChI is InChI=1S/C20H16N4O2/c1-13(25)23-16-6-8-17(9-7-16)24-20(26)14(11-21)10-15-12-22-19-5-3-2-4-18(15)19/h2-10,12,22H,1H3,(H,23,25)(H,24,26)/b14-10+. The van der Waals surface area contributed by atoms with Crippen LogP contribution in [-0.2, 0) is 9.59 Å². The van der Waals surface area contributed by atoms with Gasteiger partial charge in [0.15, 0.2) is 0 Å². The van der Waals surface area contributed by atoms with Gasteiger partial charge in [0.25, 0.3) is 5.91 Å². The summed E-state index contributed by atoms with van der Waals surface area (Å²) in [6.45, 7) is 1.42. The Morgan fingerprint density at radius 2 is 1.69 bits per heavy atom. The number of nitriles is 1. The lowest BCUT2D eigenvalue weighted by Crippen LogP contribution is -2.13. The van der Waals surface area contributed by atoms with Crippen molar-refractivity contribution in [3.05, 3.63) is 65.9 Å². The normalized spacial score (nSPS) is 11.0. The molecule has 6 nitrogen and oxygen atoms in total. The Labute approximate surface area is 150 Å². The molecule has 3 N–H and O–H groups in total. The highest BCUT2D eigenvalue weighted by atomic mass is 16.2. The maximum Gasteiger partial charge on any atom is 0.266 e. The topological polar surface area (TPSA) is 97.8 Å². The summed E-state index contributed by atoms with van der Waals surface area (Å²) in [6, 6.07) is 16.3. The first-order chi connectivity index (χ1) is 12.6. The summed E-state index contributed by atoms with van der Waals surface area (Å²) >= 11 is 0. The van der Waals surface area contributed by atoms with Crippen molar-refractivity contribution in [3.63, 3.8) is 0 Å². The number of carbonyl (C=O) groups is 2. The fourth-order valence-corrected chi connectivity index (χ4v) is 2.56. The third kappa shape index (κ3) is 3.79. The Hall–Kier alpha value is -3.85. The van der Waals surface area contributed by atoms with Gasteiger partial charge in [0.2, 0.25) is 5.91 Å². The maximum absolute atomic E-state index is 12.4. The highest BCUT2D eigenvalue weighted by molar-refractivity contribution is 6.10. The zero-order valence-corrected chi connectivity index (χ0v) is 14.0. The fourth-order valence-electron chi connectivity index (χ4n) is 2.56. The maximum atomic E-state index is 12.4. The lowest BCUT2D eigenvalue weighted by atomic mass is 10.1. The van der Waals surface area contributed by atoms with Gasteiger partial charge in [-0.15, -0.1) is 0 Å². The molecule has 0 fully saturated rings. The van der Waals surface area contributed by atoms with Gasteiger partial charge in [0, 0.05) is 41.0 Å². The molecule has 0 aliphatic carbocycles. The molecular weight excluding hydrogens is 328 g/mol. The zero-order valence-electron chi connectivity index (χ0n) is 14.0. The molecule has 2 amide bonds. The second-order valence-corrected chi connectivity index (χ2v) is 5.67. The summed E-state index contributed by atoms with van der Waals surface area (Å²) in [6.07, 6.45) is 3.32. The second kappa shape index (κ2) is 7.36. The van der Waals surface area contributed by atoms with E-state index in [1.54, 1.807) is 36.5 Å². The van der Waals surface area contributed by atoms with E-state index in [1.807, 2.05) is 30.3 Å². The Bertz CT molecular complexity index is 1040. The van der Waals surface area contributed by atoms with E-state index in [2.05, 4.69) is 15.6 Å². The third-order valence-corrected chi connectivity index (χ3v) is 3.75. The monoisotopic (exact) mass is 344 g/mol. The van der Waals surface area contributed by atoms with Crippen LogP contribution in [0.2, 0.25) is 0 Å². The van der Waals surface area contributed by atoms with E-state index in [0.29, 0.717) is 11.4 Å². The molecule has 0 radical (unpaired) electrons. The number of nitrogens with one attached hydrogen (secondary N) is 3. The third-order valence-electron chi connectivity index (χ3n) is 3.75. The SMILES string of the molecule is CC(=O)Nc1ccc(NC(=O)/C(C#N)=C/c2c[nH]c3ccccc23)cc1. The van der Waals surface area contributed by atoms with E-state index in [0.717, 1.165) is 16.5 Å². The number of nitrogens with zero attached hydrogens (tertiary/aromatic N) is 1. The number of fused-ring (bicyclic) bond motifs is 1. The molecule has 0 aliphatic heterocycles. The van der Waals surface area contributed by atoms with Crippen LogP contribution in [0.15, 0.2) is 60.3 Å². The van der Waals surface area contributed by atoms with Gasteiger partial charge < -0.3 is 15.6 Å². The van der Waals surface area contributed by atoms with E-state index < -0.39 is 5.91 Å². The average Bonchev–Trinajstić information content (AvgIpc) is 3.04. The van der Waals surface area contributed by atoms with Crippen LogP contribution in [0.25, 0.3) is 17.0 Å². The molecule has 3 rings (SSSR count). The quantitative estimate of drug-likeness (QED) is 0.497. The van der Waals surface area contributed by atoms with Gasteiger partial charge in [-0.1, -0.05) is 18.2 Å². The van der Waals surface area contributed by atoms with E-state index in [1.165, 1.54) is 6.92 Å². The molecule has 0 unspecified atom stereocenters. The van der Waals surface area contributed by atoms with Crippen molar-refractivity contribution in [2.75, 3.05) is 10.6 Å². The van der Waals surface area contributed by atoms with Gasteiger partial charge in [-0.25, -0.2) is 0 Å². The molecule has 128 valence electrons. The minimum atomic E-state index is -0.495. The van der Waals surface area contributed by atoms with E-state index >= 15 is 0 Å². The number of aromatic nitrogens is 1. The number of H-pyrrole nitrogens is 1. The highest BCUT2D eigenvalue weighted by Gasteiger charge is 2.11. The van der Waals surface area contributed by atoms with Gasteiger partial charge >= 0.3 is 0 Å². The van der Waals surface area contributed by atoms with Crippen molar-refractivity contribution in [2.24, 2.45) is 0 Å². The number of anilines is 2. The summed E-state index contributed by atoms with van der Waals surface area (Å²) in [5.74, 6) is -0.666. The first-order valence-corrected chi connectivity index (χ1v) is 7.94. The Balaban J connectivity index is 1.79. The van der Waals surface area contributed by atoms with Crippen molar-refractivity contribution >= 4 is 40.2 Å². The molecule has 0 bridgehead atoms. The number of benzene rings is 2. The van der Waals surface area contributed by atoms with Crippen LogP contribution in [0.4, 0.5) is 11.4 Å². The lowest BCUT2D eigenvalue weighted by Gasteiger charge is -2.06. The summed E-state index contributed by atoms with van der Waals surface area (Å²) in [7, 11) is 0. The number of carbonyl (C=O) groups excluding carboxylic acids is 2. The molecule has 0 spiro atoms. The molecule has 6 heteroatoms. The number of para-hydroxylation sites is 1. The van der Waals surface area contributed by atoms with Crippen molar-refractivity contribution in [2.45, 2.75) is 6.92 Å². The van der Waals surface area contributed by atoms with Gasteiger partial charge in [-0.05, 0) is 36.4 Å². The Morgan fingerprint density at radius 1 is 1.04 bits per heavy atom. The van der Waals surface area contributed by atoms with Gasteiger partial charge in [-0.3, -0.25) is 9.59 Å². The summed E-state index contributed by atoms with van der Waals surface area (Å²) in [4.78, 5) is 26.5. The highest BCUT2D eigenvalue weighted by Crippen LogP contribution is 2.21. The summed E-state index contributed by atoms with van der Waals surface area (Å²) < 4.78 is 0. The molecule has 0 atom stereocenters. The fraction of sp³-hybridized carbons (Fsp3) is 0.0500. The first-order valence-electron chi connectivity index (χ1n) is 7.94. The van der Waals surface area contributed by atoms with E-state index in [4.69, 9.17) is 0 Å². The Kier molecular flexibility index (Phi) is 4.81. The van der Waals surface area contributed by atoms with Crippen molar-refractivity contribution in [3.8, 4) is 6.07 Å². The summed E-state index contributed by atoms with van der Waals surface area (Å²) in [5, 5.41) is 15.6. The summed E-state index contributed by atoms with van der Waals surface area (Å²) in [5.41, 5.74) is 2.87. The van der Waals surface area contributed by atoms with Crippen LogP contribution in [-0.4, -0.2) is 16.8 Å². The molecule has 0 saturated carbocycles. The molecule has 0 aliphatic rings. The van der Waals surface area contributed by atoms with E-state index in [9.17, 15) is 14.9 Å². The Morgan fingerprint density at radius 3 is 2.35 bits per heavy atom. The van der Waals surface area contributed by atoms with Crippen molar-refractivity contribution in [1.82, 2.24) is 4.98 Å². The molecule has 2 aromatic carbocycles. The predicted octanol–water partition coefficient (Wildman–Crippen LogP) is 3.67. The first kappa shape index (κ1) is 17.0. The minimum absolute atomic E-state index is 0.000639. The molecular formula is C20H16N4O2. The average molecular weight is 344 g/mol. The molecule has 26 heavy (non-hydrogen) atoms. The van der Waals surface area contributed by atoms with Gasteiger partial charge in [-0.2, -0.15) is 5.26 Å². The minimum Gasteiger partial charge on any atom is -0.361 e. The molecule has 3 aromatic rings. The van der Waals surface area contributed by atoms with Crippen molar-refractivity contribution < 1.29 is 9.59 Å². The molecule has 1 heterocycles. The van der Waals surface area contributed by atoms with Crippen LogP contribution in [0, 0.1) is 11.3 Å². The number of hydrogen-bond acceptors (Lipinski definition) is 3. The van der Waals surface area contributed by atoms with Crippen molar-refractivity contribution in [1.29, 1.82) is 5.26 Å². The van der Waals surface area contributed by atoms with Crippen LogP contribution >= 0.6 is 0 Å². The predicted molar refractivity (Wildman–Crippen MR) is 101 cm³/mol. The van der Waals surface area contributed by atoms with Crippen LogP contribution in [0.5, 0.6) is 0 Å². The number of rotatable bonds is 4. The number of aromatic amines is 1. The van der Waals surface area contributed by atoms with Gasteiger partial charge in [0.1, 0.15) is 11.6 Å². The smallest absolute Gasteiger partial charge is 0.266 e. The number of amides is 2. The van der Waals surface area contributed by atoms with Gasteiger partial charge in [0.05, 0.1) is 0 Å².